The maximum atomic E-state index is 12.8. The lowest BCUT2D eigenvalue weighted by Gasteiger charge is -2.14. The number of rotatable bonds is 8. The van der Waals surface area contributed by atoms with Crippen molar-refractivity contribution in [3.63, 3.8) is 0 Å². The lowest BCUT2D eigenvalue weighted by molar-refractivity contribution is -0.384. The lowest BCUT2D eigenvalue weighted by Crippen LogP contribution is -2.29. The Labute approximate surface area is 199 Å². The second-order valence-electron chi connectivity index (χ2n) is 7.67. The topological polar surface area (TPSA) is 136 Å². The summed E-state index contributed by atoms with van der Waals surface area (Å²) in [6, 6.07) is 14.7. The van der Waals surface area contributed by atoms with Crippen LogP contribution in [0.1, 0.15) is 39.0 Å². The van der Waals surface area contributed by atoms with Gasteiger partial charge in [-0.2, -0.15) is 4.98 Å². The molecule has 0 aliphatic rings. The first-order valence-electron chi connectivity index (χ1n) is 10.4. The predicted octanol–water partition coefficient (Wildman–Crippen LogP) is 3.41. The fraction of sp³-hybridized carbons (Fsp3) is 0.217. The van der Waals surface area contributed by atoms with E-state index in [0.29, 0.717) is 27.8 Å². The Hall–Kier alpha value is -3.83. The summed E-state index contributed by atoms with van der Waals surface area (Å²) in [5.74, 6) is 0.683. The summed E-state index contributed by atoms with van der Waals surface area (Å²) in [6.07, 6.45) is -0.993. The second-order valence-corrected chi connectivity index (χ2v) is 8.61. The summed E-state index contributed by atoms with van der Waals surface area (Å²) in [7, 11) is 0. The number of hydrogen-bond acceptors (Lipinski definition) is 8. The maximum Gasteiger partial charge on any atom is 0.269 e. The number of aliphatic hydroxyl groups is 1. The number of nitrogens with one attached hydrogen (secondary N) is 1. The van der Waals surface area contributed by atoms with Crippen LogP contribution in [-0.2, 0) is 5.75 Å². The van der Waals surface area contributed by atoms with Gasteiger partial charge in [0.05, 0.1) is 11.0 Å². The Morgan fingerprint density at radius 3 is 2.65 bits per heavy atom. The molecule has 0 radical (unpaired) electrons. The molecule has 2 aromatic heterocycles. The molecule has 0 bridgehead atoms. The molecule has 174 valence electrons. The van der Waals surface area contributed by atoms with Crippen molar-refractivity contribution in [1.29, 1.82) is 0 Å². The molecule has 10 nitrogen and oxygen atoms in total. The summed E-state index contributed by atoms with van der Waals surface area (Å²) in [5.41, 5.74) is 3.51. The van der Waals surface area contributed by atoms with Crippen LogP contribution in [-0.4, -0.2) is 42.1 Å². The van der Waals surface area contributed by atoms with Crippen LogP contribution in [0.15, 0.2) is 59.8 Å². The molecule has 0 unspecified atom stereocenters. The van der Waals surface area contributed by atoms with Crippen molar-refractivity contribution in [2.24, 2.45) is 0 Å². The molecule has 11 heteroatoms. The number of hydrogen-bond donors (Lipinski definition) is 2. The van der Waals surface area contributed by atoms with Crippen LogP contribution in [0.2, 0.25) is 0 Å². The van der Waals surface area contributed by atoms with E-state index < -0.39 is 11.0 Å². The monoisotopic (exact) mass is 478 g/mol. The highest BCUT2D eigenvalue weighted by Crippen LogP contribution is 2.23. The number of non-ortho nitro benzene ring substituents is 1. The van der Waals surface area contributed by atoms with E-state index in [2.05, 4.69) is 20.4 Å². The van der Waals surface area contributed by atoms with Gasteiger partial charge in [-0.1, -0.05) is 30.0 Å². The number of benzene rings is 2. The Balaban J connectivity index is 1.41. The van der Waals surface area contributed by atoms with E-state index in [9.17, 15) is 20.0 Å². The normalized spacial score (nSPS) is 12.0. The Morgan fingerprint density at radius 1 is 1.18 bits per heavy atom. The molecule has 2 N–H and O–H groups in total. The average Bonchev–Trinajstić information content (AvgIpc) is 3.24. The molecule has 0 saturated carbocycles. The minimum atomic E-state index is -0.993. The first kappa shape index (κ1) is 23.3. The fourth-order valence-electron chi connectivity index (χ4n) is 3.44. The first-order chi connectivity index (χ1) is 16.3. The summed E-state index contributed by atoms with van der Waals surface area (Å²) in [6.45, 7) is 3.81. The van der Waals surface area contributed by atoms with Gasteiger partial charge in [0.25, 0.3) is 17.4 Å². The van der Waals surface area contributed by atoms with Gasteiger partial charge in [0.1, 0.15) is 0 Å². The second kappa shape index (κ2) is 9.98. The zero-order valence-electron chi connectivity index (χ0n) is 18.5. The number of carbonyl (C=O) groups is 1. The van der Waals surface area contributed by atoms with Gasteiger partial charge >= 0.3 is 0 Å². The van der Waals surface area contributed by atoms with Crippen molar-refractivity contribution in [3.8, 4) is 0 Å². The van der Waals surface area contributed by atoms with Gasteiger partial charge in [0, 0.05) is 41.4 Å². The molecule has 2 aromatic carbocycles. The molecule has 4 rings (SSSR count). The van der Waals surface area contributed by atoms with Gasteiger partial charge in [-0.05, 0) is 49.2 Å². The SMILES string of the molecule is Cc1cc(C)n2nc(SCc3ccccc3C(=O)NC[C@@H](O)c3ccc([N+](=O)[O-])cc3)nc2n1. The number of nitro benzene ring substituents is 1. The number of aryl methyl sites for hydroxylation is 2. The highest BCUT2D eigenvalue weighted by molar-refractivity contribution is 7.98. The third-order valence-electron chi connectivity index (χ3n) is 5.16. The Morgan fingerprint density at radius 2 is 1.91 bits per heavy atom. The van der Waals surface area contributed by atoms with Gasteiger partial charge in [0.15, 0.2) is 0 Å². The van der Waals surface area contributed by atoms with Crippen LogP contribution in [0, 0.1) is 24.0 Å². The summed E-state index contributed by atoms with van der Waals surface area (Å²) in [4.78, 5) is 31.9. The summed E-state index contributed by atoms with van der Waals surface area (Å²) < 4.78 is 1.69. The Bertz CT molecular complexity index is 1360. The van der Waals surface area contributed by atoms with Crippen LogP contribution in [0.5, 0.6) is 0 Å². The molecule has 0 aliphatic heterocycles. The number of thioether (sulfide) groups is 1. The average molecular weight is 479 g/mol. The molecule has 0 spiro atoms. The lowest BCUT2D eigenvalue weighted by atomic mass is 10.1. The minimum Gasteiger partial charge on any atom is -0.387 e. The van der Waals surface area contributed by atoms with Crippen molar-refractivity contribution in [2.45, 2.75) is 30.9 Å². The van der Waals surface area contributed by atoms with Gasteiger partial charge in [-0.25, -0.2) is 9.50 Å². The largest absolute Gasteiger partial charge is 0.387 e. The fourth-order valence-corrected chi connectivity index (χ4v) is 4.26. The van der Waals surface area contributed by atoms with Gasteiger partial charge < -0.3 is 10.4 Å². The molecule has 0 fully saturated rings. The van der Waals surface area contributed by atoms with E-state index in [-0.39, 0.29) is 18.1 Å². The van der Waals surface area contributed by atoms with E-state index in [1.165, 1.54) is 36.0 Å². The number of fused-ring (bicyclic) bond motifs is 1. The van der Waals surface area contributed by atoms with Crippen molar-refractivity contribution < 1.29 is 14.8 Å². The third-order valence-corrected chi connectivity index (χ3v) is 6.05. The van der Waals surface area contributed by atoms with E-state index in [4.69, 9.17) is 0 Å². The number of amides is 1. The molecule has 0 aliphatic carbocycles. The first-order valence-corrected chi connectivity index (χ1v) is 11.4. The predicted molar refractivity (Wildman–Crippen MR) is 127 cm³/mol. The van der Waals surface area contributed by atoms with Crippen LogP contribution in [0.3, 0.4) is 0 Å². The molecule has 34 heavy (non-hydrogen) atoms. The standard InChI is InChI=1S/C23H22N6O4S/c1-14-11-15(2)28-22(25-14)26-23(27-28)34-13-17-5-3-4-6-19(17)21(31)24-12-20(30)16-7-9-18(10-8-16)29(32)33/h3-11,20,30H,12-13H2,1-2H3,(H,24,31)/t20-/m1/s1. The molecule has 1 amide bonds. The number of nitro groups is 1. The van der Waals surface area contributed by atoms with E-state index >= 15 is 0 Å². The number of carbonyl (C=O) groups excluding carboxylic acids is 1. The van der Waals surface area contributed by atoms with Crippen molar-refractivity contribution in [1.82, 2.24) is 24.9 Å². The van der Waals surface area contributed by atoms with Crippen molar-refractivity contribution in [3.05, 3.63) is 92.8 Å². The van der Waals surface area contributed by atoms with Crippen LogP contribution in [0.25, 0.3) is 5.78 Å². The highest BCUT2D eigenvalue weighted by atomic mass is 32.2. The Kier molecular flexibility index (Phi) is 6.85. The van der Waals surface area contributed by atoms with E-state index in [1.807, 2.05) is 32.0 Å². The van der Waals surface area contributed by atoms with Crippen LogP contribution >= 0.6 is 11.8 Å². The number of aliphatic hydroxyl groups excluding tert-OH is 1. The maximum absolute atomic E-state index is 12.8. The van der Waals surface area contributed by atoms with E-state index in [1.54, 1.807) is 16.6 Å². The molecule has 1 atom stereocenters. The van der Waals surface area contributed by atoms with Crippen molar-refractivity contribution >= 4 is 29.1 Å². The molecular weight excluding hydrogens is 456 g/mol. The number of aromatic nitrogens is 4. The van der Waals surface area contributed by atoms with E-state index in [0.717, 1.165) is 17.0 Å². The summed E-state index contributed by atoms with van der Waals surface area (Å²) >= 11 is 1.40. The zero-order valence-corrected chi connectivity index (χ0v) is 19.3. The molecule has 2 heterocycles. The van der Waals surface area contributed by atoms with Crippen molar-refractivity contribution in [2.75, 3.05) is 6.54 Å². The molecule has 4 aromatic rings. The molecular formula is C23H22N6O4S. The minimum absolute atomic E-state index is 0.0313. The van der Waals surface area contributed by atoms with Gasteiger partial charge in [-0.15, -0.1) is 5.10 Å². The number of nitrogens with zero attached hydrogens (tertiary/aromatic N) is 5. The smallest absolute Gasteiger partial charge is 0.269 e. The van der Waals surface area contributed by atoms with Crippen LogP contribution in [0.4, 0.5) is 5.69 Å². The van der Waals surface area contributed by atoms with Gasteiger partial charge in [-0.3, -0.25) is 14.9 Å². The van der Waals surface area contributed by atoms with Crippen LogP contribution < -0.4 is 5.32 Å². The highest BCUT2D eigenvalue weighted by Gasteiger charge is 2.16. The quantitative estimate of drug-likeness (QED) is 0.223. The third kappa shape index (κ3) is 5.21. The molecule has 0 saturated heterocycles. The van der Waals surface area contributed by atoms with Gasteiger partial charge in [0.2, 0.25) is 5.16 Å². The zero-order chi connectivity index (χ0) is 24.2. The summed E-state index contributed by atoms with van der Waals surface area (Å²) in [5, 5.41) is 28.9.